The first-order valence-corrected chi connectivity index (χ1v) is 27.8. The van der Waals surface area contributed by atoms with Gasteiger partial charge in [-0.2, -0.15) is 0 Å². The van der Waals surface area contributed by atoms with Crippen LogP contribution in [0.15, 0.2) is 48.5 Å². The molecule has 4 aliphatic rings. The summed E-state index contributed by atoms with van der Waals surface area (Å²) >= 11 is 0. The molecular formula is C65H68N8O8. The minimum absolute atomic E-state index is 0.0822. The standard InChI is InChI=1S/C65H68N8O8/c1-11-38-30(3)46-22-48-32(5)40(13-17-62(74)75)56(68-48)28-58-42(15-19-64(78)79)34(7)50(70-58)26-60-44(36(9)52(72-60)24-54(38)66-46)21-45-37(10)53-25-55-39(12-2)31(4)47(67-55)23-49-33(6)41(14-18-63(76)77)57(69-49)29-59-43(16-20-65(80)81)35(8)51(71-59)27-61(45)73-53/h22-29,66-67,70-71H,11-21H2,1-10H3,(H,74,75)(H,76,77)(H,78,79)(H,80,81). The lowest BCUT2D eigenvalue weighted by Crippen LogP contribution is -1.98. The second-order valence-corrected chi connectivity index (χ2v) is 21.8. The van der Waals surface area contributed by atoms with E-state index in [4.69, 9.17) is 19.9 Å². The third-order valence-corrected chi connectivity index (χ3v) is 17.0. The number of carbonyl (C=O) groups is 4. The van der Waals surface area contributed by atoms with E-state index in [1.165, 1.54) is 0 Å². The highest BCUT2D eigenvalue weighted by Gasteiger charge is 2.27. The average Bonchev–Trinajstić information content (AvgIpc) is 4.45. The van der Waals surface area contributed by atoms with Gasteiger partial charge in [-0.3, -0.25) is 19.2 Å². The summed E-state index contributed by atoms with van der Waals surface area (Å²) < 4.78 is 0. The molecule has 0 amide bonds. The van der Waals surface area contributed by atoms with Crippen molar-refractivity contribution in [1.29, 1.82) is 0 Å². The van der Waals surface area contributed by atoms with Gasteiger partial charge in [0.15, 0.2) is 0 Å². The van der Waals surface area contributed by atoms with Gasteiger partial charge in [0, 0.05) is 76.2 Å². The van der Waals surface area contributed by atoms with Crippen molar-refractivity contribution >= 4 is 113 Å². The minimum Gasteiger partial charge on any atom is -0.481 e. The first-order valence-electron chi connectivity index (χ1n) is 27.8. The van der Waals surface area contributed by atoms with Crippen LogP contribution in [0.3, 0.4) is 0 Å². The highest BCUT2D eigenvalue weighted by Crippen LogP contribution is 2.44. The Morgan fingerprint density at radius 2 is 0.568 bits per heavy atom. The number of aliphatic carboxylic acids is 4. The third-order valence-electron chi connectivity index (χ3n) is 17.0. The molecule has 6 aromatic heterocycles. The number of aryl methyl sites for hydroxylation is 8. The molecule has 6 aromatic rings. The number of nitrogens with zero attached hydrogens (tertiary/aromatic N) is 4. The van der Waals surface area contributed by atoms with Crippen LogP contribution in [-0.4, -0.2) is 84.2 Å². The van der Waals surface area contributed by atoms with Gasteiger partial charge < -0.3 is 40.4 Å². The van der Waals surface area contributed by atoms with E-state index < -0.39 is 23.9 Å². The second-order valence-electron chi connectivity index (χ2n) is 21.8. The van der Waals surface area contributed by atoms with Crippen LogP contribution in [0.1, 0.15) is 177 Å². The van der Waals surface area contributed by atoms with Gasteiger partial charge in [0.2, 0.25) is 0 Å². The molecule has 0 fully saturated rings. The number of carboxylic acid groups (broad SMARTS) is 4. The zero-order valence-electron chi connectivity index (χ0n) is 47.6. The Hall–Kier alpha value is -8.92. The number of H-pyrrole nitrogens is 4. The van der Waals surface area contributed by atoms with Crippen LogP contribution in [0.2, 0.25) is 0 Å². The highest BCUT2D eigenvalue weighted by atomic mass is 16.4. The summed E-state index contributed by atoms with van der Waals surface area (Å²) in [6.07, 6.45) is 2.54. The van der Waals surface area contributed by atoms with Crippen LogP contribution in [0.5, 0.6) is 0 Å². The molecule has 0 saturated heterocycles. The van der Waals surface area contributed by atoms with Crippen molar-refractivity contribution in [2.45, 2.75) is 140 Å². The summed E-state index contributed by atoms with van der Waals surface area (Å²) in [5, 5.41) is 39.6. The number of hydrogen-bond acceptors (Lipinski definition) is 8. The minimum atomic E-state index is -0.928. The molecule has 416 valence electrons. The Balaban J connectivity index is 1.24. The molecule has 16 heteroatoms. The van der Waals surface area contributed by atoms with Crippen molar-refractivity contribution in [3.63, 3.8) is 0 Å². The Labute approximate surface area is 468 Å². The van der Waals surface area contributed by atoms with E-state index in [1.807, 2.05) is 64.1 Å². The topological polar surface area (TPSA) is 264 Å². The molecule has 0 atom stereocenters. The van der Waals surface area contributed by atoms with Gasteiger partial charge in [-0.15, -0.1) is 0 Å². The maximum absolute atomic E-state index is 12.2. The molecule has 8 N–H and O–H groups in total. The fourth-order valence-corrected chi connectivity index (χ4v) is 12.2. The van der Waals surface area contributed by atoms with Gasteiger partial charge in [0.25, 0.3) is 0 Å². The fourth-order valence-electron chi connectivity index (χ4n) is 12.2. The molecule has 0 spiro atoms. The fraction of sp³-hybridized carbons (Fsp3) is 0.323. The summed E-state index contributed by atoms with van der Waals surface area (Å²) in [6.45, 7) is 20.6. The lowest BCUT2D eigenvalue weighted by molar-refractivity contribution is -0.138. The quantitative estimate of drug-likeness (QED) is 0.0450. The molecule has 16 nitrogen and oxygen atoms in total. The van der Waals surface area contributed by atoms with Gasteiger partial charge in [-0.05, 0) is 232 Å². The predicted molar refractivity (Wildman–Crippen MR) is 320 cm³/mol. The predicted octanol–water partition coefficient (Wildman–Crippen LogP) is 13.9. The number of aromatic nitrogens is 8. The van der Waals surface area contributed by atoms with E-state index in [1.54, 1.807) is 0 Å². The van der Waals surface area contributed by atoms with E-state index in [9.17, 15) is 39.6 Å². The summed E-state index contributed by atoms with van der Waals surface area (Å²) in [4.78, 5) is 84.2. The van der Waals surface area contributed by atoms with E-state index in [0.29, 0.717) is 28.8 Å². The second kappa shape index (κ2) is 22.0. The van der Waals surface area contributed by atoms with Gasteiger partial charge in [0.1, 0.15) is 0 Å². The molecule has 0 aliphatic carbocycles. The third kappa shape index (κ3) is 10.6. The average molecular weight is 1090 g/mol. The molecule has 4 aliphatic heterocycles. The van der Waals surface area contributed by atoms with Gasteiger partial charge >= 0.3 is 23.9 Å². The number of allylic oxidation sites excluding steroid dienone is 8. The van der Waals surface area contributed by atoms with E-state index in [-0.39, 0.29) is 51.4 Å². The molecular weight excluding hydrogens is 1020 g/mol. The lowest BCUT2D eigenvalue weighted by Gasteiger charge is -2.08. The lowest BCUT2D eigenvalue weighted by atomic mass is 9.93. The molecule has 16 bridgehead atoms. The van der Waals surface area contributed by atoms with Crippen LogP contribution in [-0.2, 0) is 44.9 Å². The van der Waals surface area contributed by atoms with Crippen LogP contribution in [0.4, 0.5) is 0 Å². The number of carboxylic acids is 4. The number of hydrogen-bond donors (Lipinski definition) is 8. The largest absolute Gasteiger partial charge is 0.481 e. The van der Waals surface area contributed by atoms with Gasteiger partial charge in [-0.1, -0.05) is 13.8 Å². The van der Waals surface area contributed by atoms with Crippen LogP contribution in [0.25, 0.3) is 88.7 Å². The molecule has 10 heterocycles. The zero-order chi connectivity index (χ0) is 57.9. The van der Waals surface area contributed by atoms with Crippen molar-refractivity contribution in [3.8, 4) is 0 Å². The Bertz CT molecular complexity index is 3960. The van der Waals surface area contributed by atoms with Crippen LogP contribution in [0, 0.1) is 27.7 Å². The summed E-state index contributed by atoms with van der Waals surface area (Å²) in [5.74, 6) is -3.69. The SMILES string of the molecule is CCc1c(C)c2cc3nc(cc4[nH]c(cc5nc(cc1[nH]2)C(C)=C5CC1=C(C)c2cc5[nH]c(cc6nc(cc7[nH]c(cc1n2)c(C)c7CCC(=O)O)C(CCC(=O)O)=C6C)c(C)c5CC)c(C)c4CCC(=O)O)C(CCC(=O)O)=C3C. The summed E-state index contributed by atoms with van der Waals surface area (Å²) in [7, 11) is 0. The van der Waals surface area contributed by atoms with Crippen LogP contribution >= 0.6 is 0 Å². The Morgan fingerprint density at radius 1 is 0.333 bits per heavy atom. The zero-order valence-corrected chi connectivity index (χ0v) is 47.6. The summed E-state index contributed by atoms with van der Waals surface area (Å²) in [5.41, 5.74) is 27.1. The maximum Gasteiger partial charge on any atom is 0.303 e. The molecule has 0 radical (unpaired) electrons. The first kappa shape index (κ1) is 55.4. The molecule has 10 rings (SSSR count). The Kier molecular flexibility index (Phi) is 15.0. The molecule has 0 aromatic carbocycles. The Morgan fingerprint density at radius 3 is 0.877 bits per heavy atom. The normalized spacial score (nSPS) is 13.6. The van der Waals surface area contributed by atoms with Crippen molar-refractivity contribution < 1.29 is 39.6 Å². The van der Waals surface area contributed by atoms with E-state index in [2.05, 4.69) is 73.6 Å². The molecule has 0 saturated carbocycles. The number of nitrogens with one attached hydrogen (secondary N) is 4. The van der Waals surface area contributed by atoms with Crippen molar-refractivity contribution in [3.05, 3.63) is 139 Å². The number of aromatic amines is 4. The van der Waals surface area contributed by atoms with Crippen molar-refractivity contribution in [2.24, 2.45) is 0 Å². The highest BCUT2D eigenvalue weighted by molar-refractivity contribution is 6.03. The number of fused-ring (bicyclic) bond motifs is 16. The monoisotopic (exact) mass is 1090 g/mol. The van der Waals surface area contributed by atoms with Crippen molar-refractivity contribution in [2.75, 3.05) is 0 Å². The molecule has 81 heavy (non-hydrogen) atoms. The summed E-state index contributed by atoms with van der Waals surface area (Å²) in [6, 6.07) is 16.2. The van der Waals surface area contributed by atoms with Gasteiger partial charge in [0.05, 0.1) is 45.6 Å². The van der Waals surface area contributed by atoms with Gasteiger partial charge in [-0.25, -0.2) is 19.9 Å². The number of rotatable bonds is 16. The first-order chi connectivity index (χ1) is 38.6. The van der Waals surface area contributed by atoms with Crippen molar-refractivity contribution in [1.82, 2.24) is 39.9 Å². The molecule has 0 unspecified atom stereocenters. The smallest absolute Gasteiger partial charge is 0.303 e. The maximum atomic E-state index is 12.2. The van der Waals surface area contributed by atoms with E-state index in [0.717, 1.165) is 169 Å². The van der Waals surface area contributed by atoms with Crippen LogP contribution < -0.4 is 0 Å². The van der Waals surface area contributed by atoms with E-state index >= 15 is 0 Å².